The van der Waals surface area contributed by atoms with Gasteiger partial charge in [-0.2, -0.15) is 0 Å². The Morgan fingerprint density at radius 3 is 2.37 bits per heavy atom. The zero-order chi connectivity index (χ0) is 30.9. The minimum atomic E-state index is -3.94. The second kappa shape index (κ2) is 15.8. The molecule has 0 spiro atoms. The fraction of sp³-hybridized carbons (Fsp3) is 0.385. The Bertz CT molecular complexity index is 1430. The second-order valence-electron chi connectivity index (χ2n) is 9.69. The van der Waals surface area contributed by atoms with Crippen molar-refractivity contribution in [2.24, 2.45) is 16.5 Å². The molecule has 0 bridgehead atoms. The van der Waals surface area contributed by atoms with Gasteiger partial charge in [0, 0.05) is 30.9 Å². The Morgan fingerprint density at radius 2 is 1.77 bits per heavy atom. The van der Waals surface area contributed by atoms with E-state index in [1.54, 1.807) is 12.1 Å². The molecule has 1 fully saturated rings. The average molecular weight is 639 g/mol. The third-order valence-corrected chi connectivity index (χ3v) is 7.96. The van der Waals surface area contributed by atoms with Crippen LogP contribution in [0.25, 0.3) is 0 Å². The first kappa shape index (κ1) is 34.9. The lowest BCUT2D eigenvalue weighted by Gasteiger charge is -2.26. The number of carbonyl (C=O) groups is 3. The summed E-state index contributed by atoms with van der Waals surface area (Å²) < 4.78 is 27.5. The molecule has 7 N–H and O–H groups in total. The van der Waals surface area contributed by atoms with Crippen molar-refractivity contribution in [3.8, 4) is 0 Å². The van der Waals surface area contributed by atoms with E-state index >= 15 is 0 Å². The minimum Gasteiger partial charge on any atom is -0.370 e. The number of aryl methyl sites for hydroxylation is 1. The van der Waals surface area contributed by atoms with E-state index in [9.17, 15) is 32.9 Å². The highest BCUT2D eigenvalue weighted by Crippen LogP contribution is 2.20. The summed E-state index contributed by atoms with van der Waals surface area (Å²) in [6.07, 6.45) is 1.33. The zero-order valence-electron chi connectivity index (χ0n) is 23.4. The number of anilines is 1. The van der Waals surface area contributed by atoms with E-state index < -0.39 is 51.3 Å². The molecule has 1 heterocycles. The van der Waals surface area contributed by atoms with Gasteiger partial charge in [-0.05, 0) is 56.9 Å². The van der Waals surface area contributed by atoms with Gasteiger partial charge >= 0.3 is 0 Å². The van der Waals surface area contributed by atoms with Crippen LogP contribution in [0.1, 0.15) is 31.2 Å². The minimum absolute atomic E-state index is 0. The summed E-state index contributed by atoms with van der Waals surface area (Å²) in [5.74, 6) is -1.86. The molecule has 2 aromatic carbocycles. The molecule has 234 valence electrons. The first-order valence-electron chi connectivity index (χ1n) is 13.1. The van der Waals surface area contributed by atoms with E-state index in [4.69, 9.17) is 11.5 Å². The van der Waals surface area contributed by atoms with Crippen molar-refractivity contribution in [1.29, 1.82) is 0 Å². The number of non-ortho nitro benzene ring substituents is 1. The number of carbonyl (C=O) groups excluding carboxylic acids is 3. The van der Waals surface area contributed by atoms with Gasteiger partial charge in [0.15, 0.2) is 5.96 Å². The number of halogens is 1. The summed E-state index contributed by atoms with van der Waals surface area (Å²) in [5, 5.41) is 16.2. The molecule has 2 atom stereocenters. The Kier molecular flexibility index (Phi) is 12.8. The van der Waals surface area contributed by atoms with Gasteiger partial charge in [0.2, 0.25) is 27.7 Å². The summed E-state index contributed by atoms with van der Waals surface area (Å²) in [6.45, 7) is 1.73. The number of rotatable bonds is 13. The van der Waals surface area contributed by atoms with Crippen LogP contribution in [0.15, 0.2) is 58.4 Å². The number of aliphatic imine (C=N–C) groups is 1. The van der Waals surface area contributed by atoms with Crippen molar-refractivity contribution >= 4 is 57.5 Å². The Balaban J connectivity index is 0.00000645. The highest BCUT2D eigenvalue weighted by Gasteiger charge is 2.36. The first-order chi connectivity index (χ1) is 19.9. The number of hydrogen-bond acceptors (Lipinski definition) is 8. The van der Waals surface area contributed by atoms with Crippen LogP contribution < -0.4 is 26.8 Å². The number of hydrogen-bond donors (Lipinski definition) is 5. The Labute approximate surface area is 255 Å². The number of nitro groups is 1. The molecule has 43 heavy (non-hydrogen) atoms. The molecule has 1 aliphatic rings. The molecule has 0 radical (unpaired) electrons. The van der Waals surface area contributed by atoms with Crippen molar-refractivity contribution in [3.63, 3.8) is 0 Å². The third kappa shape index (κ3) is 10.2. The molecule has 0 unspecified atom stereocenters. The SMILES string of the molecule is Cc1ccc(S(=O)(=O)NCC(=O)N2CCC[C@H]2C(=O)N[C@@H](CCCN=C(N)N)C(=O)Nc2ccc([N+](=O)[O-])cc2)cc1.Cl. The molecule has 0 aromatic heterocycles. The smallest absolute Gasteiger partial charge is 0.269 e. The lowest BCUT2D eigenvalue weighted by atomic mass is 10.1. The first-order valence-corrected chi connectivity index (χ1v) is 14.6. The molecule has 1 saturated heterocycles. The molecule has 17 heteroatoms. The van der Waals surface area contributed by atoms with Gasteiger partial charge in [0.25, 0.3) is 5.69 Å². The predicted molar refractivity (Wildman–Crippen MR) is 162 cm³/mol. The van der Waals surface area contributed by atoms with Gasteiger partial charge in [-0.3, -0.25) is 29.5 Å². The normalized spacial score (nSPS) is 15.1. The highest BCUT2D eigenvalue weighted by atomic mass is 35.5. The van der Waals surface area contributed by atoms with Gasteiger partial charge in [-0.15, -0.1) is 12.4 Å². The quantitative estimate of drug-likeness (QED) is 0.0684. The molecule has 15 nitrogen and oxygen atoms in total. The number of amides is 3. The van der Waals surface area contributed by atoms with E-state index in [0.717, 1.165) is 5.56 Å². The maximum atomic E-state index is 13.3. The van der Waals surface area contributed by atoms with E-state index in [2.05, 4.69) is 20.3 Å². The number of nitrogens with zero attached hydrogens (tertiary/aromatic N) is 3. The van der Waals surface area contributed by atoms with E-state index in [1.807, 2.05) is 6.92 Å². The van der Waals surface area contributed by atoms with Gasteiger partial charge in [-0.1, -0.05) is 17.7 Å². The van der Waals surface area contributed by atoms with Crippen LogP contribution in [0.2, 0.25) is 0 Å². The van der Waals surface area contributed by atoms with E-state index in [0.29, 0.717) is 19.3 Å². The molecule has 0 aliphatic carbocycles. The largest absolute Gasteiger partial charge is 0.370 e. The molecular formula is C26H35ClN8O7S. The molecular weight excluding hydrogens is 604 g/mol. The lowest BCUT2D eigenvalue weighted by Crippen LogP contribution is -2.53. The van der Waals surface area contributed by atoms with Crippen molar-refractivity contribution in [3.05, 3.63) is 64.2 Å². The Morgan fingerprint density at radius 1 is 1.12 bits per heavy atom. The number of nitrogens with two attached hydrogens (primary N) is 2. The number of likely N-dealkylation sites (tertiary alicyclic amines) is 1. The van der Waals surface area contributed by atoms with Crippen LogP contribution in [0.5, 0.6) is 0 Å². The number of nitrogens with one attached hydrogen (secondary N) is 3. The maximum Gasteiger partial charge on any atom is 0.269 e. The maximum absolute atomic E-state index is 13.3. The van der Waals surface area contributed by atoms with E-state index in [1.165, 1.54) is 41.3 Å². The van der Waals surface area contributed by atoms with Crippen molar-refractivity contribution in [2.45, 2.75) is 49.6 Å². The lowest BCUT2D eigenvalue weighted by molar-refractivity contribution is -0.384. The topological polar surface area (TPSA) is 232 Å². The predicted octanol–water partition coefficient (Wildman–Crippen LogP) is 0.771. The molecule has 3 rings (SSSR count). The van der Waals surface area contributed by atoms with Crippen LogP contribution in [0.3, 0.4) is 0 Å². The molecule has 2 aromatic rings. The molecule has 3 amide bonds. The van der Waals surface area contributed by atoms with Crippen LogP contribution in [-0.4, -0.2) is 73.6 Å². The standard InChI is InChI=1S/C26H34N8O7S.ClH/c1-17-6-12-20(13-7-17)42(40,41)30-16-23(35)33-15-3-5-22(33)25(37)32-21(4-2-14-29-26(27)28)24(36)31-18-8-10-19(11-9-18)34(38)39;/h6-13,21-22,30H,2-5,14-16H2,1H3,(H,31,36)(H,32,37)(H4,27,28,29);1H/t21-,22-;/m0./s1. The highest BCUT2D eigenvalue weighted by molar-refractivity contribution is 7.89. The average Bonchev–Trinajstić information content (AvgIpc) is 3.44. The number of nitro benzene ring substituents is 1. The molecule has 0 saturated carbocycles. The number of benzene rings is 2. The van der Waals surface area contributed by atoms with Crippen LogP contribution >= 0.6 is 12.4 Å². The fourth-order valence-electron chi connectivity index (χ4n) is 4.33. The second-order valence-corrected chi connectivity index (χ2v) is 11.5. The van der Waals surface area contributed by atoms with Crippen LogP contribution in [-0.2, 0) is 24.4 Å². The summed E-state index contributed by atoms with van der Waals surface area (Å²) >= 11 is 0. The summed E-state index contributed by atoms with van der Waals surface area (Å²) in [7, 11) is -3.94. The number of guanidine groups is 1. The monoisotopic (exact) mass is 638 g/mol. The Hall–Kier alpha value is -4.28. The number of sulfonamides is 1. The molecule has 1 aliphatic heterocycles. The summed E-state index contributed by atoms with van der Waals surface area (Å²) in [5.41, 5.74) is 11.7. The van der Waals surface area contributed by atoms with Crippen molar-refractivity contribution in [1.82, 2.24) is 14.9 Å². The van der Waals surface area contributed by atoms with Crippen LogP contribution in [0.4, 0.5) is 11.4 Å². The van der Waals surface area contributed by atoms with Gasteiger partial charge in [0.1, 0.15) is 12.1 Å². The van der Waals surface area contributed by atoms with Crippen LogP contribution in [0, 0.1) is 17.0 Å². The van der Waals surface area contributed by atoms with Gasteiger partial charge < -0.3 is 27.0 Å². The fourth-order valence-corrected chi connectivity index (χ4v) is 5.31. The van der Waals surface area contributed by atoms with Crippen molar-refractivity contribution in [2.75, 3.05) is 25.0 Å². The van der Waals surface area contributed by atoms with Gasteiger partial charge in [-0.25, -0.2) is 13.1 Å². The van der Waals surface area contributed by atoms with E-state index in [-0.39, 0.29) is 54.1 Å². The zero-order valence-corrected chi connectivity index (χ0v) is 25.0. The third-order valence-electron chi connectivity index (χ3n) is 6.54. The summed E-state index contributed by atoms with van der Waals surface area (Å²) in [4.78, 5) is 54.8. The summed E-state index contributed by atoms with van der Waals surface area (Å²) in [6, 6.07) is 9.40. The van der Waals surface area contributed by atoms with Crippen molar-refractivity contribution < 1.29 is 27.7 Å². The van der Waals surface area contributed by atoms with Gasteiger partial charge in [0.05, 0.1) is 16.4 Å².